The number of urea groups is 1. The second-order valence-corrected chi connectivity index (χ2v) is 13.2. The van der Waals surface area contributed by atoms with Gasteiger partial charge in [0.25, 0.3) is 5.91 Å². The number of carbonyl (C=O) groups excluding carboxylic acids is 4. The highest BCUT2D eigenvalue weighted by atomic mass is 32.2. The van der Waals surface area contributed by atoms with Gasteiger partial charge in [0.1, 0.15) is 12.3 Å². The number of nitrogens with zero attached hydrogens (tertiary/aromatic N) is 1. The van der Waals surface area contributed by atoms with Gasteiger partial charge in [0.05, 0.1) is 17.8 Å². The number of hydrogen-bond donors (Lipinski definition) is 6. The zero-order valence-corrected chi connectivity index (χ0v) is 26.9. The topological polar surface area (TPSA) is 178 Å². The predicted octanol–water partition coefficient (Wildman–Crippen LogP) is 2.92. The van der Waals surface area contributed by atoms with E-state index in [9.17, 15) is 29.1 Å². The van der Waals surface area contributed by atoms with Crippen molar-refractivity contribution < 1.29 is 33.8 Å². The van der Waals surface area contributed by atoms with Crippen LogP contribution in [0.4, 0.5) is 15.3 Å². The van der Waals surface area contributed by atoms with E-state index in [2.05, 4.69) is 26.6 Å². The summed E-state index contributed by atoms with van der Waals surface area (Å²) >= 11 is 1.88. The molecule has 5 rings (SSSR count). The molecule has 0 aromatic heterocycles. The van der Waals surface area contributed by atoms with Crippen LogP contribution >= 0.6 is 11.8 Å². The number of carbonyl (C=O) groups is 5. The van der Waals surface area contributed by atoms with E-state index >= 15 is 0 Å². The Labute approximate surface area is 277 Å². The van der Waals surface area contributed by atoms with Gasteiger partial charge < -0.3 is 36.4 Å². The van der Waals surface area contributed by atoms with Crippen molar-refractivity contribution in [1.29, 1.82) is 0 Å². The highest BCUT2D eigenvalue weighted by Gasteiger charge is 2.43. The Kier molecular flexibility index (Phi) is 11.8. The summed E-state index contributed by atoms with van der Waals surface area (Å²) < 4.78 is 6.19. The fraction of sp³-hybridized carbons (Fsp3) is 0.485. The van der Waals surface area contributed by atoms with Crippen LogP contribution in [0.25, 0.3) is 0 Å². The van der Waals surface area contributed by atoms with E-state index in [-0.39, 0.29) is 36.5 Å². The van der Waals surface area contributed by atoms with Crippen molar-refractivity contribution in [1.82, 2.24) is 26.6 Å². The van der Waals surface area contributed by atoms with Crippen molar-refractivity contribution >= 4 is 47.3 Å². The molecule has 13 nitrogen and oxygen atoms in total. The first-order valence-electron chi connectivity index (χ1n) is 16.1. The van der Waals surface area contributed by atoms with Crippen LogP contribution in [0.5, 0.6) is 5.75 Å². The van der Waals surface area contributed by atoms with Crippen LogP contribution < -0.4 is 36.2 Å². The first-order chi connectivity index (χ1) is 22.8. The summed E-state index contributed by atoms with van der Waals surface area (Å²) in [5.41, 5.74) is 0.998. The standard InChI is InChI=1S/C33H42N6O7S/c40-26(16-8-7-15-25-28-22(20-47-25)36-32(43)37-28)34-17-9-2-10-18-35-27(41)19-39-23-13-5-6-14-24(23)46-30(21-11-3-1-4-12-21)29(31(39)42)38-33(44)45/h1,3-6,11-14,22,25,28-30,38H,2,7-10,15-20H2,(H,34,40)(H,35,41)(H,44,45)(H2,36,37,43)/t22-,25-,28-,29-,30+/m0/s1. The molecule has 14 heteroatoms. The molecule has 5 atom stereocenters. The fourth-order valence-electron chi connectivity index (χ4n) is 6.18. The zero-order chi connectivity index (χ0) is 33.2. The van der Waals surface area contributed by atoms with Crippen LogP contribution in [0.15, 0.2) is 54.6 Å². The van der Waals surface area contributed by atoms with Crippen LogP contribution in [0, 0.1) is 0 Å². The molecule has 2 aromatic carbocycles. The maximum Gasteiger partial charge on any atom is 0.405 e. The second kappa shape index (κ2) is 16.4. The predicted molar refractivity (Wildman–Crippen MR) is 177 cm³/mol. The van der Waals surface area contributed by atoms with Crippen molar-refractivity contribution in [3.63, 3.8) is 0 Å². The summed E-state index contributed by atoms with van der Waals surface area (Å²) in [5, 5.41) is 24.0. The summed E-state index contributed by atoms with van der Waals surface area (Å²) in [6, 6.07) is 14.8. The van der Waals surface area contributed by atoms with Gasteiger partial charge in [0, 0.05) is 30.5 Å². The number of para-hydroxylation sites is 2. The van der Waals surface area contributed by atoms with E-state index in [0.29, 0.717) is 48.2 Å². The quantitative estimate of drug-likeness (QED) is 0.124. The summed E-state index contributed by atoms with van der Waals surface area (Å²) in [5.74, 6) is 0.349. The van der Waals surface area contributed by atoms with Gasteiger partial charge in [-0.15, -0.1) is 0 Å². The summed E-state index contributed by atoms with van der Waals surface area (Å²) in [4.78, 5) is 63.4. The molecule has 0 spiro atoms. The van der Waals surface area contributed by atoms with Gasteiger partial charge in [0.15, 0.2) is 12.1 Å². The smallest absolute Gasteiger partial charge is 0.405 e. The van der Waals surface area contributed by atoms with Crippen molar-refractivity contribution in [2.75, 3.05) is 30.3 Å². The molecule has 6 N–H and O–H groups in total. The largest absolute Gasteiger partial charge is 0.481 e. The van der Waals surface area contributed by atoms with Gasteiger partial charge in [-0.3, -0.25) is 19.3 Å². The highest BCUT2D eigenvalue weighted by Crippen LogP contribution is 2.38. The average molecular weight is 667 g/mol. The molecule has 47 heavy (non-hydrogen) atoms. The molecular formula is C33H42N6O7S. The Hall–Kier alpha value is -4.46. The number of unbranched alkanes of at least 4 members (excludes halogenated alkanes) is 3. The highest BCUT2D eigenvalue weighted by molar-refractivity contribution is 8.00. The van der Waals surface area contributed by atoms with Gasteiger partial charge in [-0.2, -0.15) is 11.8 Å². The first-order valence-corrected chi connectivity index (χ1v) is 17.2. The number of anilines is 1. The van der Waals surface area contributed by atoms with Crippen LogP contribution in [0.1, 0.15) is 56.6 Å². The van der Waals surface area contributed by atoms with E-state index in [1.165, 1.54) is 4.90 Å². The minimum absolute atomic E-state index is 0.0302. The SMILES string of the molecule is O=C(O)N[C@@H]1C(=O)N(CC(=O)NCCCCCNC(=O)CCCC[C@@H]2SC[C@@H]3NC(=O)N[C@@H]32)c2ccccc2O[C@@H]1c1ccccc1. The monoisotopic (exact) mass is 666 g/mol. The maximum absolute atomic E-state index is 13.7. The van der Waals surface area contributed by atoms with E-state index in [0.717, 1.165) is 37.9 Å². The van der Waals surface area contributed by atoms with Gasteiger partial charge in [-0.05, 0) is 49.8 Å². The molecule has 3 aliphatic rings. The number of rotatable bonds is 15. The van der Waals surface area contributed by atoms with E-state index < -0.39 is 24.1 Å². The number of ether oxygens (including phenoxy) is 1. The maximum atomic E-state index is 13.7. The van der Waals surface area contributed by atoms with Gasteiger partial charge in [-0.25, -0.2) is 9.59 Å². The van der Waals surface area contributed by atoms with E-state index in [4.69, 9.17) is 4.74 Å². The number of hydrogen-bond acceptors (Lipinski definition) is 7. The minimum Gasteiger partial charge on any atom is -0.481 e. The van der Waals surface area contributed by atoms with Gasteiger partial charge >= 0.3 is 12.1 Å². The van der Waals surface area contributed by atoms with E-state index in [1.54, 1.807) is 48.5 Å². The van der Waals surface area contributed by atoms with Crippen LogP contribution in [-0.4, -0.2) is 83.7 Å². The molecule has 6 amide bonds. The second-order valence-electron chi connectivity index (χ2n) is 11.9. The molecule has 2 fully saturated rings. The van der Waals surface area contributed by atoms with Gasteiger partial charge in [-0.1, -0.05) is 48.9 Å². The molecule has 3 aliphatic heterocycles. The van der Waals surface area contributed by atoms with Gasteiger partial charge in [0.2, 0.25) is 11.8 Å². The van der Waals surface area contributed by atoms with Crippen molar-refractivity contribution in [2.24, 2.45) is 0 Å². The number of benzene rings is 2. The molecule has 0 bridgehead atoms. The summed E-state index contributed by atoms with van der Waals surface area (Å²) in [6.45, 7) is 0.653. The van der Waals surface area contributed by atoms with E-state index in [1.807, 2.05) is 17.8 Å². The molecule has 2 saturated heterocycles. The van der Waals surface area contributed by atoms with Crippen LogP contribution in [0.2, 0.25) is 0 Å². The Balaban J connectivity index is 1.01. The molecule has 0 unspecified atom stereocenters. The lowest BCUT2D eigenvalue weighted by Gasteiger charge is -2.27. The minimum atomic E-state index is -1.38. The molecule has 0 saturated carbocycles. The summed E-state index contributed by atoms with van der Waals surface area (Å²) in [7, 11) is 0. The molecular weight excluding hydrogens is 624 g/mol. The Bertz CT molecular complexity index is 1430. The summed E-state index contributed by atoms with van der Waals surface area (Å²) in [6.07, 6.45) is 3.15. The number of carboxylic acid groups (broad SMARTS) is 1. The normalized spacial score (nSPS) is 23.0. The van der Waals surface area contributed by atoms with Crippen LogP contribution in [-0.2, 0) is 14.4 Å². The fourth-order valence-corrected chi connectivity index (χ4v) is 7.73. The Morgan fingerprint density at radius 1 is 0.894 bits per heavy atom. The van der Waals surface area contributed by atoms with Crippen molar-refractivity contribution in [3.05, 3.63) is 60.2 Å². The molecule has 3 heterocycles. The van der Waals surface area contributed by atoms with Crippen molar-refractivity contribution in [2.45, 2.75) is 74.4 Å². The average Bonchev–Trinajstić information content (AvgIpc) is 3.59. The number of fused-ring (bicyclic) bond motifs is 2. The molecule has 0 aliphatic carbocycles. The lowest BCUT2D eigenvalue weighted by Crippen LogP contribution is -2.53. The number of thioether (sulfide) groups is 1. The van der Waals surface area contributed by atoms with Crippen molar-refractivity contribution in [3.8, 4) is 5.75 Å². The first kappa shape index (κ1) is 33.9. The third-order valence-corrected chi connectivity index (χ3v) is 10.0. The lowest BCUT2D eigenvalue weighted by molar-refractivity contribution is -0.125. The number of nitrogens with one attached hydrogen (secondary N) is 5. The Morgan fingerprint density at radius 2 is 1.62 bits per heavy atom. The third kappa shape index (κ3) is 9.09. The third-order valence-electron chi connectivity index (χ3n) is 8.53. The number of amides is 6. The lowest BCUT2D eigenvalue weighted by atomic mass is 10.0. The zero-order valence-electron chi connectivity index (χ0n) is 26.1. The Morgan fingerprint density at radius 3 is 2.38 bits per heavy atom. The molecule has 252 valence electrons. The van der Waals surface area contributed by atoms with Crippen LogP contribution in [0.3, 0.4) is 0 Å². The molecule has 2 aromatic rings. The molecule has 0 radical (unpaired) electrons.